The number of aromatic amines is 1. The lowest BCUT2D eigenvalue weighted by Gasteiger charge is -2.16. The molecular weight excluding hydrogens is 410 g/mol. The number of halogens is 1. The summed E-state index contributed by atoms with van der Waals surface area (Å²) in [7, 11) is 0. The normalized spacial score (nSPS) is 11.4. The summed E-state index contributed by atoms with van der Waals surface area (Å²) in [6, 6.07) is 4.86. The number of aryl methyl sites for hydroxylation is 1. The van der Waals surface area contributed by atoms with Crippen molar-refractivity contribution in [2.75, 3.05) is 5.75 Å². The van der Waals surface area contributed by atoms with Crippen LogP contribution in [0.25, 0.3) is 10.9 Å². The molecule has 0 aliphatic carbocycles. The molecule has 0 fully saturated rings. The zero-order valence-corrected chi connectivity index (χ0v) is 18.5. The highest BCUT2D eigenvalue weighted by Crippen LogP contribution is 2.25. The van der Waals surface area contributed by atoms with E-state index in [0.29, 0.717) is 43.6 Å². The number of H-pyrrole nitrogens is 1. The lowest BCUT2D eigenvalue weighted by atomic mass is 10.1. The van der Waals surface area contributed by atoms with Crippen molar-refractivity contribution in [2.24, 2.45) is 0 Å². The molecule has 3 aromatic rings. The lowest BCUT2D eigenvalue weighted by molar-refractivity contribution is 0.101. The van der Waals surface area contributed by atoms with Crippen molar-refractivity contribution in [1.82, 2.24) is 14.5 Å². The number of carbonyl (C=O) groups excluding carboxylic acids is 2. The largest absolute Gasteiger partial charge is 0.355 e. The van der Waals surface area contributed by atoms with Crippen LogP contribution in [0.4, 0.5) is 0 Å². The van der Waals surface area contributed by atoms with Gasteiger partial charge in [-0.3, -0.25) is 19.0 Å². The summed E-state index contributed by atoms with van der Waals surface area (Å²) < 4.78 is 1.59. The molecule has 0 radical (unpaired) electrons. The zero-order chi connectivity index (χ0) is 21.5. The van der Waals surface area contributed by atoms with E-state index in [2.05, 4.69) is 9.97 Å². The van der Waals surface area contributed by atoms with Crippen LogP contribution in [0.5, 0.6) is 0 Å². The molecule has 6 nitrogen and oxygen atoms in total. The summed E-state index contributed by atoms with van der Waals surface area (Å²) in [6.45, 7) is 8.82. The molecule has 29 heavy (non-hydrogen) atoms. The number of thioether (sulfide) groups is 1. The van der Waals surface area contributed by atoms with Gasteiger partial charge in [-0.2, -0.15) is 0 Å². The van der Waals surface area contributed by atoms with E-state index < -0.39 is 0 Å². The second kappa shape index (κ2) is 8.16. The summed E-state index contributed by atoms with van der Waals surface area (Å²) in [6.07, 6.45) is 0. The molecule has 152 valence electrons. The second-order valence-electron chi connectivity index (χ2n) is 7.22. The third-order valence-electron chi connectivity index (χ3n) is 4.75. The van der Waals surface area contributed by atoms with Crippen LogP contribution >= 0.6 is 23.4 Å². The maximum Gasteiger partial charge on any atom is 0.262 e. The van der Waals surface area contributed by atoms with E-state index >= 15 is 0 Å². The molecule has 1 aromatic carbocycles. The Hall–Kier alpha value is -2.38. The van der Waals surface area contributed by atoms with Gasteiger partial charge in [0.25, 0.3) is 5.56 Å². The van der Waals surface area contributed by atoms with Gasteiger partial charge in [0.1, 0.15) is 0 Å². The molecule has 3 rings (SSSR count). The smallest absolute Gasteiger partial charge is 0.262 e. The first-order chi connectivity index (χ1) is 13.6. The first-order valence-corrected chi connectivity index (χ1v) is 10.6. The number of benzene rings is 1. The highest BCUT2D eigenvalue weighted by atomic mass is 35.5. The number of carbonyl (C=O) groups is 2. The average Bonchev–Trinajstić information content (AvgIpc) is 2.93. The van der Waals surface area contributed by atoms with E-state index in [9.17, 15) is 14.4 Å². The number of nitrogens with one attached hydrogen (secondary N) is 1. The first-order valence-electron chi connectivity index (χ1n) is 9.19. The fourth-order valence-corrected chi connectivity index (χ4v) is 4.63. The van der Waals surface area contributed by atoms with Gasteiger partial charge < -0.3 is 4.98 Å². The van der Waals surface area contributed by atoms with E-state index in [1.54, 1.807) is 36.6 Å². The molecule has 1 N–H and O–H groups in total. The number of rotatable bonds is 6. The van der Waals surface area contributed by atoms with Crippen molar-refractivity contribution in [2.45, 2.75) is 45.8 Å². The number of fused-ring (bicyclic) bond motifs is 1. The summed E-state index contributed by atoms with van der Waals surface area (Å²) in [5.41, 5.74) is 2.64. The summed E-state index contributed by atoms with van der Waals surface area (Å²) in [4.78, 5) is 45.2. The number of ketones is 2. The Bertz CT molecular complexity index is 1190. The molecule has 0 unspecified atom stereocenters. The van der Waals surface area contributed by atoms with Gasteiger partial charge in [-0.15, -0.1) is 0 Å². The molecule has 0 spiro atoms. The van der Waals surface area contributed by atoms with Gasteiger partial charge in [-0.25, -0.2) is 4.98 Å². The number of aromatic nitrogens is 3. The van der Waals surface area contributed by atoms with Crippen LogP contribution in [0.1, 0.15) is 58.9 Å². The quantitative estimate of drug-likeness (QED) is 0.345. The van der Waals surface area contributed by atoms with Crippen LogP contribution in [0.3, 0.4) is 0 Å². The third-order valence-corrected chi connectivity index (χ3v) is 5.94. The van der Waals surface area contributed by atoms with Gasteiger partial charge in [0.15, 0.2) is 16.7 Å². The van der Waals surface area contributed by atoms with Crippen molar-refractivity contribution in [1.29, 1.82) is 0 Å². The molecule has 0 saturated heterocycles. The Balaban J connectivity index is 1.97. The van der Waals surface area contributed by atoms with Crippen molar-refractivity contribution in [3.8, 4) is 0 Å². The SMILES string of the molecule is CC(=O)c1c(C)[nH]c(C(=O)CSc2nc3cc(Cl)ccc3c(=O)n2C(C)C)c1C. The second-order valence-corrected chi connectivity index (χ2v) is 8.60. The Labute approximate surface area is 177 Å². The minimum Gasteiger partial charge on any atom is -0.355 e. The number of hydrogen-bond donors (Lipinski definition) is 1. The number of nitrogens with zero attached hydrogens (tertiary/aromatic N) is 2. The van der Waals surface area contributed by atoms with Crippen molar-refractivity contribution >= 4 is 45.8 Å². The van der Waals surface area contributed by atoms with E-state index in [-0.39, 0.29) is 28.9 Å². The third kappa shape index (κ3) is 4.02. The summed E-state index contributed by atoms with van der Waals surface area (Å²) in [5, 5.41) is 1.44. The van der Waals surface area contributed by atoms with Crippen LogP contribution < -0.4 is 5.56 Å². The van der Waals surface area contributed by atoms with Crippen LogP contribution in [0.15, 0.2) is 28.2 Å². The molecule has 8 heteroatoms. The van der Waals surface area contributed by atoms with E-state index in [1.807, 2.05) is 13.8 Å². The molecule has 0 atom stereocenters. The van der Waals surface area contributed by atoms with Gasteiger partial charge in [0.2, 0.25) is 0 Å². The number of hydrogen-bond acceptors (Lipinski definition) is 5. The Morgan fingerprint density at radius 2 is 1.97 bits per heavy atom. The van der Waals surface area contributed by atoms with Crippen molar-refractivity contribution in [3.05, 3.63) is 56.1 Å². The molecule has 0 bridgehead atoms. The van der Waals surface area contributed by atoms with Crippen molar-refractivity contribution < 1.29 is 9.59 Å². The fraction of sp³-hybridized carbons (Fsp3) is 0.333. The lowest BCUT2D eigenvalue weighted by Crippen LogP contribution is -2.25. The van der Waals surface area contributed by atoms with Gasteiger partial charge in [-0.1, -0.05) is 23.4 Å². The van der Waals surface area contributed by atoms with Gasteiger partial charge >= 0.3 is 0 Å². The minimum atomic E-state index is -0.164. The van der Waals surface area contributed by atoms with Crippen molar-refractivity contribution in [3.63, 3.8) is 0 Å². The van der Waals surface area contributed by atoms with Crippen LogP contribution in [0.2, 0.25) is 5.02 Å². The summed E-state index contributed by atoms with van der Waals surface area (Å²) in [5.74, 6) is -0.146. The molecule has 0 aliphatic heterocycles. The van der Waals surface area contributed by atoms with Gasteiger partial charge in [0.05, 0.1) is 22.3 Å². The molecule has 2 heterocycles. The van der Waals surface area contributed by atoms with E-state index in [4.69, 9.17) is 11.6 Å². The summed E-state index contributed by atoms with van der Waals surface area (Å²) >= 11 is 7.25. The van der Waals surface area contributed by atoms with E-state index in [1.165, 1.54) is 18.7 Å². The minimum absolute atomic E-state index is 0.0790. The Morgan fingerprint density at radius 3 is 2.55 bits per heavy atom. The Morgan fingerprint density at radius 1 is 1.28 bits per heavy atom. The van der Waals surface area contributed by atoms with Gasteiger partial charge in [-0.05, 0) is 58.4 Å². The molecule has 2 aromatic heterocycles. The monoisotopic (exact) mass is 431 g/mol. The van der Waals surface area contributed by atoms with Crippen LogP contribution in [0, 0.1) is 13.8 Å². The highest BCUT2D eigenvalue weighted by Gasteiger charge is 2.21. The maximum atomic E-state index is 12.9. The zero-order valence-electron chi connectivity index (χ0n) is 16.9. The predicted octanol–water partition coefficient (Wildman–Crippen LogP) is 4.75. The molecule has 0 amide bonds. The van der Waals surface area contributed by atoms with Gasteiger partial charge in [0, 0.05) is 22.3 Å². The topological polar surface area (TPSA) is 84.8 Å². The standard InChI is InChI=1S/C21H22ClN3O3S/c1-10(2)25-20(28)15-7-6-14(22)8-16(15)24-21(25)29-9-17(27)19-11(3)18(13(5)26)12(4)23-19/h6-8,10,23H,9H2,1-5H3. The maximum absolute atomic E-state index is 12.9. The van der Waals surface area contributed by atoms with Crippen LogP contribution in [-0.4, -0.2) is 31.9 Å². The average molecular weight is 432 g/mol. The fourth-order valence-electron chi connectivity index (χ4n) is 3.47. The molecular formula is C21H22ClN3O3S. The van der Waals surface area contributed by atoms with E-state index in [0.717, 1.165) is 0 Å². The predicted molar refractivity (Wildman–Crippen MR) is 117 cm³/mol. The van der Waals surface area contributed by atoms with Crippen LogP contribution in [-0.2, 0) is 0 Å². The first kappa shape index (κ1) is 21.3. The Kier molecular flexibility index (Phi) is 6.00. The molecule has 0 saturated carbocycles. The highest BCUT2D eigenvalue weighted by molar-refractivity contribution is 7.99. The number of Topliss-reactive ketones (excluding diaryl/α,β-unsaturated/α-hetero) is 2. The molecule has 0 aliphatic rings.